The van der Waals surface area contributed by atoms with Crippen molar-refractivity contribution in [2.45, 2.75) is 26.0 Å². The zero-order chi connectivity index (χ0) is 25.1. The number of aliphatic hydroxyl groups excluding tert-OH is 1. The van der Waals surface area contributed by atoms with Crippen LogP contribution in [0.1, 0.15) is 40.7 Å². The Labute approximate surface area is 212 Å². The summed E-state index contributed by atoms with van der Waals surface area (Å²) in [5.74, 6) is -0.283. The van der Waals surface area contributed by atoms with Gasteiger partial charge in [-0.15, -0.1) is 0 Å². The van der Waals surface area contributed by atoms with Crippen LogP contribution >= 0.6 is 23.2 Å². The molecule has 0 saturated carbocycles. The first-order valence-corrected chi connectivity index (χ1v) is 12.0. The molecule has 3 aromatic rings. The SMILES string of the molecule is CCCC(O)N1CCN(C(=O)c2cc3c(C(=O)Nc4c(Cl)cncc4Cl)ccc(OC)c3o2)CC1. The largest absolute Gasteiger partial charge is 0.493 e. The predicted molar refractivity (Wildman–Crippen MR) is 133 cm³/mol. The number of carbonyl (C=O) groups is 2. The van der Waals surface area contributed by atoms with Crippen LogP contribution in [0.3, 0.4) is 0 Å². The van der Waals surface area contributed by atoms with Crippen molar-refractivity contribution in [3.63, 3.8) is 0 Å². The van der Waals surface area contributed by atoms with Gasteiger partial charge >= 0.3 is 0 Å². The molecule has 1 aliphatic rings. The van der Waals surface area contributed by atoms with Crippen LogP contribution in [0.4, 0.5) is 5.69 Å². The quantitative estimate of drug-likeness (QED) is 0.478. The van der Waals surface area contributed by atoms with E-state index < -0.39 is 12.1 Å². The molecule has 1 atom stereocenters. The lowest BCUT2D eigenvalue weighted by Gasteiger charge is -2.36. The molecule has 0 spiro atoms. The fourth-order valence-corrected chi connectivity index (χ4v) is 4.55. The molecule has 2 aromatic heterocycles. The molecular formula is C24H26Cl2N4O5. The number of methoxy groups -OCH3 is 1. The van der Waals surface area contributed by atoms with Gasteiger partial charge in [0.1, 0.15) is 6.23 Å². The van der Waals surface area contributed by atoms with E-state index in [0.717, 1.165) is 6.42 Å². The first-order valence-electron chi connectivity index (χ1n) is 11.3. The normalized spacial score (nSPS) is 15.3. The summed E-state index contributed by atoms with van der Waals surface area (Å²) < 4.78 is 11.3. The van der Waals surface area contributed by atoms with Crippen molar-refractivity contribution < 1.29 is 23.8 Å². The van der Waals surface area contributed by atoms with E-state index in [0.29, 0.717) is 43.7 Å². The number of pyridine rings is 1. The standard InChI is InChI=1S/C24H26Cl2N4O5/c1-3-4-20(31)29-7-9-30(10-8-29)24(33)19-11-15-14(5-6-18(34-2)22(15)35-19)23(32)28-21-16(25)12-27-13-17(21)26/h5-6,11-13,20,31H,3-4,7-10H2,1-2H3,(H,27,28,32). The maximum atomic E-state index is 13.2. The number of aliphatic hydroxyl groups is 1. The number of furan rings is 1. The molecule has 0 bridgehead atoms. The second kappa shape index (κ2) is 10.8. The minimum atomic E-state index is -0.504. The van der Waals surface area contributed by atoms with Crippen LogP contribution in [-0.4, -0.2) is 71.2 Å². The molecule has 1 saturated heterocycles. The molecule has 0 aliphatic carbocycles. The van der Waals surface area contributed by atoms with E-state index in [2.05, 4.69) is 10.3 Å². The van der Waals surface area contributed by atoms with E-state index in [1.165, 1.54) is 19.5 Å². The van der Waals surface area contributed by atoms with E-state index in [4.69, 9.17) is 32.4 Å². The van der Waals surface area contributed by atoms with Gasteiger partial charge in [0.15, 0.2) is 17.1 Å². The van der Waals surface area contributed by atoms with Gasteiger partial charge in [-0.2, -0.15) is 0 Å². The van der Waals surface area contributed by atoms with Crippen LogP contribution in [0.2, 0.25) is 10.0 Å². The Balaban J connectivity index is 1.59. The topological polar surface area (TPSA) is 108 Å². The lowest BCUT2D eigenvalue weighted by molar-refractivity contribution is -0.0272. The van der Waals surface area contributed by atoms with Crippen LogP contribution in [0.5, 0.6) is 5.75 Å². The molecule has 1 fully saturated rings. The number of rotatable bonds is 7. The smallest absolute Gasteiger partial charge is 0.289 e. The number of nitrogens with zero attached hydrogens (tertiary/aromatic N) is 3. The zero-order valence-corrected chi connectivity index (χ0v) is 20.9. The number of nitrogens with one attached hydrogen (secondary N) is 1. The fraction of sp³-hybridized carbons (Fsp3) is 0.375. The number of piperazine rings is 1. The van der Waals surface area contributed by atoms with Crippen LogP contribution < -0.4 is 10.1 Å². The van der Waals surface area contributed by atoms with Crippen molar-refractivity contribution in [1.29, 1.82) is 0 Å². The molecule has 1 unspecified atom stereocenters. The zero-order valence-electron chi connectivity index (χ0n) is 19.4. The molecule has 9 nitrogen and oxygen atoms in total. The molecule has 1 aromatic carbocycles. The first-order chi connectivity index (χ1) is 16.8. The Kier molecular flexibility index (Phi) is 7.81. The van der Waals surface area contributed by atoms with Crippen molar-refractivity contribution in [2.75, 3.05) is 38.6 Å². The van der Waals surface area contributed by atoms with E-state index in [1.807, 2.05) is 11.8 Å². The van der Waals surface area contributed by atoms with Crippen LogP contribution in [0.25, 0.3) is 11.0 Å². The number of anilines is 1. The predicted octanol–water partition coefficient (Wildman–Crippen LogP) is 4.27. The Bertz CT molecular complexity index is 1220. The van der Waals surface area contributed by atoms with Crippen LogP contribution in [-0.2, 0) is 0 Å². The Hall–Kier alpha value is -2.85. The number of benzene rings is 1. The van der Waals surface area contributed by atoms with E-state index >= 15 is 0 Å². The van der Waals surface area contributed by atoms with E-state index in [9.17, 15) is 14.7 Å². The van der Waals surface area contributed by atoms with Gasteiger partial charge in [-0.25, -0.2) is 0 Å². The van der Waals surface area contributed by atoms with Gasteiger partial charge in [0, 0.05) is 44.0 Å². The van der Waals surface area contributed by atoms with E-state index in [-0.39, 0.29) is 38.5 Å². The van der Waals surface area contributed by atoms with Crippen molar-refractivity contribution in [3.05, 3.63) is 52.0 Å². The molecule has 0 radical (unpaired) electrons. The molecule has 1 aliphatic heterocycles. The Morgan fingerprint density at radius 1 is 1.20 bits per heavy atom. The van der Waals surface area contributed by atoms with Crippen molar-refractivity contribution in [2.24, 2.45) is 0 Å². The number of hydrogen-bond donors (Lipinski definition) is 2. The van der Waals surface area contributed by atoms with Gasteiger partial charge in [-0.1, -0.05) is 36.5 Å². The second-order valence-electron chi connectivity index (χ2n) is 8.20. The molecule has 4 rings (SSSR count). The number of carbonyl (C=O) groups excluding carboxylic acids is 2. The Morgan fingerprint density at radius 2 is 1.89 bits per heavy atom. The second-order valence-corrected chi connectivity index (χ2v) is 9.01. The van der Waals surface area contributed by atoms with Gasteiger partial charge in [0.25, 0.3) is 11.8 Å². The molecule has 35 heavy (non-hydrogen) atoms. The summed E-state index contributed by atoms with van der Waals surface area (Å²) in [6, 6.07) is 4.72. The molecular weight excluding hydrogens is 495 g/mol. The Morgan fingerprint density at radius 3 is 2.51 bits per heavy atom. The number of hydrogen-bond acceptors (Lipinski definition) is 7. The molecule has 11 heteroatoms. The van der Waals surface area contributed by atoms with Crippen molar-refractivity contribution in [3.8, 4) is 5.75 Å². The fourth-order valence-electron chi connectivity index (χ4n) is 4.09. The summed E-state index contributed by atoms with van der Waals surface area (Å²) in [4.78, 5) is 33.8. The maximum absolute atomic E-state index is 13.2. The summed E-state index contributed by atoms with van der Waals surface area (Å²) in [7, 11) is 1.48. The lowest BCUT2D eigenvalue weighted by Crippen LogP contribution is -2.51. The highest BCUT2D eigenvalue weighted by atomic mass is 35.5. The summed E-state index contributed by atoms with van der Waals surface area (Å²) in [5.41, 5.74) is 0.785. The van der Waals surface area contributed by atoms with Crippen LogP contribution in [0.15, 0.2) is 35.0 Å². The molecule has 2 N–H and O–H groups in total. The van der Waals surface area contributed by atoms with E-state index in [1.54, 1.807) is 23.1 Å². The minimum Gasteiger partial charge on any atom is -0.493 e. The van der Waals surface area contributed by atoms with Crippen LogP contribution in [0, 0.1) is 0 Å². The average molecular weight is 521 g/mol. The molecule has 3 heterocycles. The summed E-state index contributed by atoms with van der Waals surface area (Å²) in [6.45, 7) is 4.07. The average Bonchev–Trinajstić information content (AvgIpc) is 3.31. The summed E-state index contributed by atoms with van der Waals surface area (Å²) in [5, 5.41) is 13.7. The third-order valence-corrected chi connectivity index (χ3v) is 6.56. The number of amides is 2. The minimum absolute atomic E-state index is 0.0982. The monoisotopic (exact) mass is 520 g/mol. The third-order valence-electron chi connectivity index (χ3n) is 5.98. The van der Waals surface area contributed by atoms with Gasteiger partial charge in [0.2, 0.25) is 0 Å². The first kappa shape index (κ1) is 25.2. The number of fused-ring (bicyclic) bond motifs is 1. The third kappa shape index (κ3) is 5.23. The molecule has 2 amide bonds. The maximum Gasteiger partial charge on any atom is 0.289 e. The highest BCUT2D eigenvalue weighted by Crippen LogP contribution is 2.34. The number of halogens is 2. The number of aromatic nitrogens is 1. The summed E-state index contributed by atoms with van der Waals surface area (Å²) in [6.07, 6.45) is 3.83. The van der Waals surface area contributed by atoms with Crippen molar-refractivity contribution in [1.82, 2.24) is 14.8 Å². The van der Waals surface area contributed by atoms with Crippen molar-refractivity contribution >= 4 is 51.7 Å². The number of ether oxygens (including phenoxy) is 1. The van der Waals surface area contributed by atoms with Gasteiger partial charge in [-0.05, 0) is 24.6 Å². The van der Waals surface area contributed by atoms with Gasteiger partial charge in [-0.3, -0.25) is 19.5 Å². The highest BCUT2D eigenvalue weighted by molar-refractivity contribution is 6.39. The van der Waals surface area contributed by atoms with Gasteiger partial charge in [0.05, 0.1) is 28.4 Å². The lowest BCUT2D eigenvalue weighted by atomic mass is 10.1. The summed E-state index contributed by atoms with van der Waals surface area (Å²) >= 11 is 12.3. The highest BCUT2D eigenvalue weighted by Gasteiger charge is 2.28. The molecule has 186 valence electrons. The van der Waals surface area contributed by atoms with Gasteiger partial charge < -0.3 is 24.5 Å².